The van der Waals surface area contributed by atoms with Crippen molar-refractivity contribution in [2.45, 2.75) is 54.4 Å². The Labute approximate surface area is 114 Å². The Morgan fingerprint density at radius 1 is 1.00 bits per heavy atom. The van der Waals surface area contributed by atoms with Crippen molar-refractivity contribution in [2.24, 2.45) is 11.8 Å². The summed E-state index contributed by atoms with van der Waals surface area (Å²) in [7, 11) is 0. The van der Waals surface area contributed by atoms with Crippen molar-refractivity contribution in [3.63, 3.8) is 0 Å². The zero-order chi connectivity index (χ0) is 14.6. The SMILES string of the molecule is C=CC(C)C1=CC=C(C(C)C=O)CC1.CC.CC. The average Bonchev–Trinajstić information content (AvgIpc) is 2.49. The molecule has 2 atom stereocenters. The summed E-state index contributed by atoms with van der Waals surface area (Å²) in [4.78, 5) is 10.6. The van der Waals surface area contributed by atoms with Gasteiger partial charge in [0.15, 0.2) is 0 Å². The lowest BCUT2D eigenvalue weighted by atomic mass is 9.86. The molecule has 0 aromatic heterocycles. The van der Waals surface area contributed by atoms with E-state index >= 15 is 0 Å². The van der Waals surface area contributed by atoms with Gasteiger partial charge in [-0.2, -0.15) is 0 Å². The van der Waals surface area contributed by atoms with Gasteiger partial charge in [0, 0.05) is 5.92 Å². The number of rotatable bonds is 4. The Morgan fingerprint density at radius 3 is 1.67 bits per heavy atom. The van der Waals surface area contributed by atoms with Gasteiger partial charge in [-0.05, 0) is 18.8 Å². The molecule has 0 radical (unpaired) electrons. The van der Waals surface area contributed by atoms with Crippen LogP contribution in [0.15, 0.2) is 36.0 Å². The van der Waals surface area contributed by atoms with Crippen LogP contribution in [0, 0.1) is 11.8 Å². The Kier molecular flexibility index (Phi) is 13.2. The molecule has 0 N–H and O–H groups in total. The normalized spacial score (nSPS) is 16.6. The fourth-order valence-electron chi connectivity index (χ4n) is 1.67. The van der Waals surface area contributed by atoms with Crippen molar-refractivity contribution in [3.8, 4) is 0 Å². The predicted molar refractivity (Wildman–Crippen MR) is 82.7 cm³/mol. The number of aldehydes is 1. The van der Waals surface area contributed by atoms with E-state index in [1.165, 1.54) is 11.1 Å². The second-order valence-corrected chi connectivity index (χ2v) is 3.93. The van der Waals surface area contributed by atoms with Crippen LogP contribution >= 0.6 is 0 Å². The number of carbonyl (C=O) groups excluding carboxylic acids is 1. The van der Waals surface area contributed by atoms with E-state index in [0.29, 0.717) is 5.92 Å². The average molecular weight is 250 g/mol. The molecule has 0 aromatic rings. The van der Waals surface area contributed by atoms with Crippen molar-refractivity contribution >= 4 is 6.29 Å². The third-order valence-corrected chi connectivity index (χ3v) is 2.94. The van der Waals surface area contributed by atoms with Gasteiger partial charge in [-0.15, -0.1) is 6.58 Å². The van der Waals surface area contributed by atoms with E-state index in [0.717, 1.165) is 19.1 Å². The van der Waals surface area contributed by atoms with Crippen LogP contribution < -0.4 is 0 Å². The maximum Gasteiger partial charge on any atom is 0.126 e. The van der Waals surface area contributed by atoms with Gasteiger partial charge < -0.3 is 4.79 Å². The monoisotopic (exact) mass is 250 g/mol. The van der Waals surface area contributed by atoms with Crippen LogP contribution in [0.25, 0.3) is 0 Å². The molecule has 1 aliphatic carbocycles. The smallest absolute Gasteiger partial charge is 0.126 e. The van der Waals surface area contributed by atoms with Crippen LogP contribution in [0.1, 0.15) is 54.4 Å². The maximum atomic E-state index is 10.6. The summed E-state index contributed by atoms with van der Waals surface area (Å²) in [5.74, 6) is 0.533. The van der Waals surface area contributed by atoms with E-state index < -0.39 is 0 Å². The van der Waals surface area contributed by atoms with Gasteiger partial charge in [-0.3, -0.25) is 0 Å². The van der Waals surface area contributed by atoms with Crippen LogP contribution in [-0.2, 0) is 4.79 Å². The van der Waals surface area contributed by atoms with Gasteiger partial charge in [0.05, 0.1) is 0 Å². The van der Waals surface area contributed by atoms with E-state index in [1.54, 1.807) is 0 Å². The second-order valence-electron chi connectivity index (χ2n) is 3.93. The fraction of sp³-hybridized carbons (Fsp3) is 0.588. The Morgan fingerprint density at radius 2 is 1.39 bits per heavy atom. The summed E-state index contributed by atoms with van der Waals surface area (Å²) in [5.41, 5.74) is 2.67. The van der Waals surface area contributed by atoms with Crippen LogP contribution in [0.4, 0.5) is 0 Å². The quantitative estimate of drug-likeness (QED) is 0.486. The largest absolute Gasteiger partial charge is 0.303 e. The van der Waals surface area contributed by atoms with Gasteiger partial charge in [0.1, 0.15) is 6.29 Å². The molecule has 0 fully saturated rings. The molecule has 2 unspecified atom stereocenters. The van der Waals surface area contributed by atoms with Crippen molar-refractivity contribution in [1.82, 2.24) is 0 Å². The molecule has 0 heterocycles. The minimum atomic E-state index is 0.0758. The first kappa shape index (κ1) is 19.2. The molecule has 0 amide bonds. The fourth-order valence-corrected chi connectivity index (χ4v) is 1.67. The third kappa shape index (κ3) is 6.58. The van der Waals surface area contributed by atoms with E-state index in [-0.39, 0.29) is 5.92 Å². The standard InChI is InChI=1S/C13H18O.2C2H6/c1-4-10(2)12-5-7-13(8-6-12)11(3)9-14;2*1-2/h4-5,7,9-11H,1,6,8H2,2-3H3;2*1-2H3. The molecule has 1 heteroatoms. The first-order chi connectivity index (χ1) is 8.69. The van der Waals surface area contributed by atoms with Crippen LogP contribution in [0.2, 0.25) is 0 Å². The van der Waals surface area contributed by atoms with Crippen molar-refractivity contribution in [1.29, 1.82) is 0 Å². The van der Waals surface area contributed by atoms with Crippen LogP contribution in [0.5, 0.6) is 0 Å². The first-order valence-electron chi connectivity index (χ1n) is 7.16. The molecule has 1 aliphatic rings. The highest BCUT2D eigenvalue weighted by atomic mass is 16.1. The molecule has 0 bridgehead atoms. The molecule has 104 valence electrons. The topological polar surface area (TPSA) is 17.1 Å². The zero-order valence-electron chi connectivity index (χ0n) is 13.0. The van der Waals surface area contributed by atoms with Crippen LogP contribution in [-0.4, -0.2) is 6.29 Å². The molecular formula is C17H30O. The highest BCUT2D eigenvalue weighted by Gasteiger charge is 2.13. The molecular weight excluding hydrogens is 220 g/mol. The summed E-state index contributed by atoms with van der Waals surface area (Å²) < 4.78 is 0. The maximum absolute atomic E-state index is 10.6. The Bertz CT molecular complexity index is 254. The number of hydrogen-bond donors (Lipinski definition) is 0. The highest BCUT2D eigenvalue weighted by molar-refractivity contribution is 5.58. The van der Waals surface area contributed by atoms with Gasteiger partial charge in [0.25, 0.3) is 0 Å². The molecule has 0 saturated heterocycles. The summed E-state index contributed by atoms with van der Waals surface area (Å²) in [5, 5.41) is 0. The number of allylic oxidation sites excluding steroid dienone is 5. The minimum absolute atomic E-state index is 0.0758. The molecule has 1 nitrogen and oxygen atoms in total. The van der Waals surface area contributed by atoms with Crippen LogP contribution in [0.3, 0.4) is 0 Å². The number of carbonyl (C=O) groups is 1. The predicted octanol–water partition coefficient (Wildman–Crippen LogP) is 5.34. The van der Waals surface area contributed by atoms with Gasteiger partial charge in [-0.25, -0.2) is 0 Å². The van der Waals surface area contributed by atoms with Crippen molar-refractivity contribution < 1.29 is 4.79 Å². The first-order valence-corrected chi connectivity index (χ1v) is 7.16. The lowest BCUT2D eigenvalue weighted by molar-refractivity contribution is -0.109. The minimum Gasteiger partial charge on any atom is -0.303 e. The van der Waals surface area contributed by atoms with Gasteiger partial charge in [0.2, 0.25) is 0 Å². The van der Waals surface area contributed by atoms with E-state index in [2.05, 4.69) is 25.7 Å². The Balaban J connectivity index is 0. The molecule has 0 aromatic carbocycles. The van der Waals surface area contributed by atoms with Crippen molar-refractivity contribution in [3.05, 3.63) is 36.0 Å². The summed E-state index contributed by atoms with van der Waals surface area (Å²) >= 11 is 0. The van der Waals surface area contributed by atoms with E-state index in [1.807, 2.05) is 40.7 Å². The Hall–Kier alpha value is -1.11. The van der Waals surface area contributed by atoms with Gasteiger partial charge >= 0.3 is 0 Å². The van der Waals surface area contributed by atoms with Gasteiger partial charge in [-0.1, -0.05) is 70.9 Å². The van der Waals surface area contributed by atoms with Crippen molar-refractivity contribution in [2.75, 3.05) is 0 Å². The molecule has 0 aliphatic heterocycles. The molecule has 1 rings (SSSR count). The lowest BCUT2D eigenvalue weighted by Crippen LogP contribution is -2.06. The number of hydrogen-bond acceptors (Lipinski definition) is 1. The summed E-state index contributed by atoms with van der Waals surface area (Å²) in [6.45, 7) is 15.9. The van der Waals surface area contributed by atoms with E-state index in [9.17, 15) is 4.79 Å². The summed E-state index contributed by atoms with van der Waals surface area (Å²) in [6.07, 6.45) is 9.31. The zero-order valence-corrected chi connectivity index (χ0v) is 13.0. The molecule has 18 heavy (non-hydrogen) atoms. The molecule has 0 saturated carbocycles. The third-order valence-electron chi connectivity index (χ3n) is 2.94. The molecule has 0 spiro atoms. The lowest BCUT2D eigenvalue weighted by Gasteiger charge is -2.19. The second kappa shape index (κ2) is 12.3. The summed E-state index contributed by atoms with van der Waals surface area (Å²) in [6, 6.07) is 0. The van der Waals surface area contributed by atoms with E-state index in [4.69, 9.17) is 0 Å². The highest BCUT2D eigenvalue weighted by Crippen LogP contribution is 2.27.